The summed E-state index contributed by atoms with van der Waals surface area (Å²) in [5.41, 5.74) is 4.33. The van der Waals surface area contributed by atoms with Gasteiger partial charge in [-0.3, -0.25) is 0 Å². The summed E-state index contributed by atoms with van der Waals surface area (Å²) in [4.78, 5) is 7.17. The van der Waals surface area contributed by atoms with Crippen molar-refractivity contribution < 1.29 is 9.47 Å². The van der Waals surface area contributed by atoms with Crippen LogP contribution in [0, 0.1) is 6.92 Å². The van der Waals surface area contributed by atoms with Crippen LogP contribution in [0.15, 0.2) is 30.3 Å². The van der Waals surface area contributed by atoms with E-state index in [0.717, 1.165) is 60.9 Å². The fraction of sp³-hybridized carbons (Fsp3) is 0.450. The predicted octanol–water partition coefficient (Wildman–Crippen LogP) is 3.26. The van der Waals surface area contributed by atoms with Gasteiger partial charge in [-0.25, -0.2) is 4.98 Å². The fourth-order valence-electron chi connectivity index (χ4n) is 3.22. The van der Waals surface area contributed by atoms with Crippen LogP contribution in [-0.4, -0.2) is 44.9 Å². The third-order valence-corrected chi connectivity index (χ3v) is 4.49. The number of rotatable bonds is 5. The summed E-state index contributed by atoms with van der Waals surface area (Å²) in [5, 5.41) is 3.46. The van der Waals surface area contributed by atoms with Crippen molar-refractivity contribution in [2.75, 3.05) is 44.8 Å². The van der Waals surface area contributed by atoms with Gasteiger partial charge in [0.1, 0.15) is 5.75 Å². The molecule has 0 aliphatic carbocycles. The molecule has 3 rings (SSSR count). The molecule has 1 aliphatic heterocycles. The van der Waals surface area contributed by atoms with Gasteiger partial charge in [0.15, 0.2) is 0 Å². The van der Waals surface area contributed by atoms with Crippen LogP contribution >= 0.6 is 0 Å². The van der Waals surface area contributed by atoms with E-state index in [9.17, 15) is 0 Å². The van der Waals surface area contributed by atoms with Crippen LogP contribution in [0.2, 0.25) is 0 Å². The van der Waals surface area contributed by atoms with Crippen LogP contribution in [0.5, 0.6) is 11.6 Å². The van der Waals surface area contributed by atoms with Gasteiger partial charge >= 0.3 is 0 Å². The first-order valence-electron chi connectivity index (χ1n) is 8.97. The Bertz CT molecular complexity index is 710. The molecular weight excluding hydrogens is 314 g/mol. The Kier molecular flexibility index (Phi) is 5.76. The summed E-state index contributed by atoms with van der Waals surface area (Å²) < 4.78 is 11.0. The van der Waals surface area contributed by atoms with Crippen molar-refractivity contribution in [3.63, 3.8) is 0 Å². The lowest BCUT2D eigenvalue weighted by atomic mass is 10.1. The van der Waals surface area contributed by atoms with Crippen LogP contribution in [0.25, 0.3) is 11.3 Å². The van der Waals surface area contributed by atoms with Crippen molar-refractivity contribution in [3.8, 4) is 22.9 Å². The van der Waals surface area contributed by atoms with E-state index in [1.54, 1.807) is 7.11 Å². The summed E-state index contributed by atoms with van der Waals surface area (Å²) >= 11 is 0. The lowest BCUT2D eigenvalue weighted by Crippen LogP contribution is -2.28. The standard InChI is InChI=1S/C20H27N3O2/c1-4-25-18-8-6-16(14-15(18)2)20-17(7-9-19(22-20)24-3)23-12-5-10-21-11-13-23/h6-9,14,21H,4-5,10-13H2,1-3H3. The van der Waals surface area contributed by atoms with Crippen LogP contribution in [-0.2, 0) is 0 Å². The smallest absolute Gasteiger partial charge is 0.213 e. The number of benzene rings is 1. The summed E-state index contributed by atoms with van der Waals surface area (Å²) in [6.45, 7) is 8.82. The van der Waals surface area contributed by atoms with Crippen LogP contribution < -0.4 is 19.7 Å². The van der Waals surface area contributed by atoms with E-state index in [1.165, 1.54) is 0 Å². The highest BCUT2D eigenvalue weighted by Gasteiger charge is 2.17. The molecule has 0 atom stereocenters. The molecular formula is C20H27N3O2. The minimum atomic E-state index is 0.637. The minimum absolute atomic E-state index is 0.637. The predicted molar refractivity (Wildman–Crippen MR) is 102 cm³/mol. The van der Waals surface area contributed by atoms with E-state index in [2.05, 4.69) is 35.3 Å². The van der Waals surface area contributed by atoms with Crippen molar-refractivity contribution in [3.05, 3.63) is 35.9 Å². The van der Waals surface area contributed by atoms with Gasteiger partial charge < -0.3 is 19.7 Å². The molecule has 0 spiro atoms. The number of hydrogen-bond donors (Lipinski definition) is 1. The van der Waals surface area contributed by atoms with Crippen molar-refractivity contribution in [1.82, 2.24) is 10.3 Å². The second-order valence-corrected chi connectivity index (χ2v) is 6.23. The third-order valence-electron chi connectivity index (χ3n) is 4.49. The average Bonchev–Trinajstić information content (AvgIpc) is 2.92. The number of pyridine rings is 1. The molecule has 1 aromatic heterocycles. The van der Waals surface area contributed by atoms with E-state index in [0.29, 0.717) is 12.5 Å². The molecule has 0 amide bonds. The Balaban J connectivity index is 2.02. The van der Waals surface area contributed by atoms with E-state index in [-0.39, 0.29) is 0 Å². The molecule has 0 bridgehead atoms. The van der Waals surface area contributed by atoms with Crippen molar-refractivity contribution in [1.29, 1.82) is 0 Å². The molecule has 1 fully saturated rings. The zero-order valence-corrected chi connectivity index (χ0v) is 15.3. The molecule has 1 aliphatic rings. The van der Waals surface area contributed by atoms with Crippen LogP contribution in [0.3, 0.4) is 0 Å². The zero-order valence-electron chi connectivity index (χ0n) is 15.3. The van der Waals surface area contributed by atoms with Gasteiger partial charge in [0, 0.05) is 31.3 Å². The second kappa shape index (κ2) is 8.21. The Morgan fingerprint density at radius 3 is 2.80 bits per heavy atom. The molecule has 1 aromatic carbocycles. The van der Waals surface area contributed by atoms with Crippen LogP contribution in [0.4, 0.5) is 5.69 Å². The first-order valence-corrected chi connectivity index (χ1v) is 8.97. The minimum Gasteiger partial charge on any atom is -0.494 e. The summed E-state index contributed by atoms with van der Waals surface area (Å²) in [6, 6.07) is 10.3. The topological polar surface area (TPSA) is 46.6 Å². The fourth-order valence-corrected chi connectivity index (χ4v) is 3.22. The van der Waals surface area contributed by atoms with Gasteiger partial charge in [-0.05, 0) is 56.6 Å². The molecule has 1 saturated heterocycles. The number of anilines is 1. The monoisotopic (exact) mass is 341 g/mol. The van der Waals surface area contributed by atoms with Crippen LogP contribution in [0.1, 0.15) is 18.9 Å². The van der Waals surface area contributed by atoms with Gasteiger partial charge in [0.25, 0.3) is 0 Å². The maximum absolute atomic E-state index is 5.67. The normalized spacial score (nSPS) is 14.9. The molecule has 5 heteroatoms. The van der Waals surface area contributed by atoms with E-state index < -0.39 is 0 Å². The van der Waals surface area contributed by atoms with E-state index in [4.69, 9.17) is 14.5 Å². The Morgan fingerprint density at radius 2 is 2.04 bits per heavy atom. The zero-order chi connectivity index (χ0) is 17.6. The highest BCUT2D eigenvalue weighted by Crippen LogP contribution is 2.34. The second-order valence-electron chi connectivity index (χ2n) is 6.23. The molecule has 0 radical (unpaired) electrons. The van der Waals surface area contributed by atoms with Gasteiger partial charge in [-0.15, -0.1) is 0 Å². The summed E-state index contributed by atoms with van der Waals surface area (Å²) in [7, 11) is 1.66. The Morgan fingerprint density at radius 1 is 1.16 bits per heavy atom. The number of methoxy groups -OCH3 is 1. The van der Waals surface area contributed by atoms with Gasteiger partial charge in [0.2, 0.25) is 5.88 Å². The molecule has 2 heterocycles. The third kappa shape index (κ3) is 4.04. The lowest BCUT2D eigenvalue weighted by Gasteiger charge is -2.25. The number of hydrogen-bond acceptors (Lipinski definition) is 5. The number of aromatic nitrogens is 1. The maximum atomic E-state index is 5.67. The Labute approximate surface area is 150 Å². The Hall–Kier alpha value is -2.27. The number of ether oxygens (including phenoxy) is 2. The van der Waals surface area contributed by atoms with Crippen molar-refractivity contribution in [2.24, 2.45) is 0 Å². The van der Waals surface area contributed by atoms with Gasteiger partial charge in [0.05, 0.1) is 25.1 Å². The van der Waals surface area contributed by atoms with E-state index in [1.807, 2.05) is 19.1 Å². The number of aryl methyl sites for hydroxylation is 1. The number of nitrogens with zero attached hydrogens (tertiary/aromatic N) is 2. The first kappa shape index (κ1) is 17.5. The molecule has 2 aromatic rings. The molecule has 0 saturated carbocycles. The van der Waals surface area contributed by atoms with Gasteiger partial charge in [-0.1, -0.05) is 0 Å². The van der Waals surface area contributed by atoms with Crippen molar-refractivity contribution >= 4 is 5.69 Å². The highest BCUT2D eigenvalue weighted by molar-refractivity contribution is 5.76. The molecule has 134 valence electrons. The maximum Gasteiger partial charge on any atom is 0.213 e. The highest BCUT2D eigenvalue weighted by atomic mass is 16.5. The summed E-state index contributed by atoms with van der Waals surface area (Å²) in [5.74, 6) is 1.56. The number of nitrogens with one attached hydrogen (secondary N) is 1. The molecule has 25 heavy (non-hydrogen) atoms. The molecule has 5 nitrogen and oxygen atoms in total. The molecule has 0 unspecified atom stereocenters. The largest absolute Gasteiger partial charge is 0.494 e. The average molecular weight is 341 g/mol. The summed E-state index contributed by atoms with van der Waals surface area (Å²) in [6.07, 6.45) is 1.13. The van der Waals surface area contributed by atoms with E-state index >= 15 is 0 Å². The van der Waals surface area contributed by atoms with Gasteiger partial charge in [-0.2, -0.15) is 0 Å². The lowest BCUT2D eigenvalue weighted by molar-refractivity contribution is 0.338. The first-order chi connectivity index (χ1) is 12.2. The van der Waals surface area contributed by atoms with Crippen molar-refractivity contribution in [2.45, 2.75) is 20.3 Å². The SMILES string of the molecule is CCOc1ccc(-c2nc(OC)ccc2N2CCCNCC2)cc1C. The molecule has 1 N–H and O–H groups in total. The quantitative estimate of drug-likeness (QED) is 0.904.